The molecule has 2 N–H and O–H groups in total. The quantitative estimate of drug-likeness (QED) is 0.881. The monoisotopic (exact) mass is 239 g/mol. The van der Waals surface area contributed by atoms with Crippen LogP contribution in [0.5, 0.6) is 5.75 Å². The fraction of sp³-hybridized carbons (Fsp3) is 0.538. The van der Waals surface area contributed by atoms with Crippen molar-refractivity contribution < 1.29 is 13.9 Å². The molecule has 0 spiro atoms. The number of nitrogens with two attached hydrogens (primary N) is 1. The Morgan fingerprint density at radius 3 is 3.00 bits per heavy atom. The third-order valence-corrected chi connectivity index (χ3v) is 2.88. The van der Waals surface area contributed by atoms with Crippen molar-refractivity contribution in [3.8, 4) is 5.75 Å². The molecule has 1 fully saturated rings. The lowest BCUT2D eigenvalue weighted by molar-refractivity contribution is 0.00681. The molecular weight excluding hydrogens is 221 g/mol. The Hall–Kier alpha value is -1.13. The van der Waals surface area contributed by atoms with Gasteiger partial charge in [-0.2, -0.15) is 0 Å². The van der Waals surface area contributed by atoms with Crippen molar-refractivity contribution in [2.75, 3.05) is 13.2 Å². The van der Waals surface area contributed by atoms with Crippen molar-refractivity contribution >= 4 is 0 Å². The molecule has 17 heavy (non-hydrogen) atoms. The fourth-order valence-electron chi connectivity index (χ4n) is 1.97. The van der Waals surface area contributed by atoms with Gasteiger partial charge in [0.1, 0.15) is 17.7 Å². The van der Waals surface area contributed by atoms with Gasteiger partial charge >= 0.3 is 0 Å². The SMILES string of the molecule is C[C@@H](N)c1ccc(F)cc1OC1CCCOC1. The minimum absolute atomic E-state index is 0.00282. The van der Waals surface area contributed by atoms with Crippen molar-refractivity contribution in [1.29, 1.82) is 0 Å². The molecule has 1 aliphatic rings. The van der Waals surface area contributed by atoms with E-state index in [9.17, 15) is 4.39 Å². The van der Waals surface area contributed by atoms with Crippen molar-refractivity contribution in [2.24, 2.45) is 5.73 Å². The second-order valence-electron chi connectivity index (χ2n) is 4.43. The number of halogens is 1. The Kier molecular flexibility index (Phi) is 3.97. The highest BCUT2D eigenvalue weighted by Gasteiger charge is 2.18. The van der Waals surface area contributed by atoms with Gasteiger partial charge in [0, 0.05) is 24.3 Å². The predicted molar refractivity (Wildman–Crippen MR) is 63.5 cm³/mol. The van der Waals surface area contributed by atoms with Gasteiger partial charge in [-0.3, -0.25) is 0 Å². The van der Waals surface area contributed by atoms with E-state index in [-0.39, 0.29) is 18.0 Å². The predicted octanol–water partition coefficient (Wildman–Crippen LogP) is 2.40. The highest BCUT2D eigenvalue weighted by Crippen LogP contribution is 2.27. The second kappa shape index (κ2) is 5.47. The van der Waals surface area contributed by atoms with Crippen LogP contribution in [0.4, 0.5) is 4.39 Å². The van der Waals surface area contributed by atoms with Crippen molar-refractivity contribution in [3.05, 3.63) is 29.6 Å². The average molecular weight is 239 g/mol. The maximum atomic E-state index is 13.2. The van der Waals surface area contributed by atoms with E-state index in [2.05, 4.69) is 0 Å². The third-order valence-electron chi connectivity index (χ3n) is 2.88. The molecule has 2 rings (SSSR count). The first-order chi connectivity index (χ1) is 8.16. The summed E-state index contributed by atoms with van der Waals surface area (Å²) in [6.45, 7) is 3.20. The van der Waals surface area contributed by atoms with Crippen LogP contribution in [-0.4, -0.2) is 19.3 Å². The molecule has 1 saturated heterocycles. The van der Waals surface area contributed by atoms with Gasteiger partial charge in [-0.05, 0) is 25.8 Å². The summed E-state index contributed by atoms with van der Waals surface area (Å²) in [7, 11) is 0. The number of hydrogen-bond acceptors (Lipinski definition) is 3. The van der Waals surface area contributed by atoms with Crippen LogP contribution in [0, 0.1) is 5.82 Å². The Bertz CT molecular complexity index is 376. The van der Waals surface area contributed by atoms with Crippen LogP contribution >= 0.6 is 0 Å². The molecule has 1 aliphatic heterocycles. The zero-order valence-electron chi connectivity index (χ0n) is 9.99. The van der Waals surface area contributed by atoms with Crippen LogP contribution in [-0.2, 0) is 4.74 Å². The van der Waals surface area contributed by atoms with Crippen LogP contribution in [0.2, 0.25) is 0 Å². The standard InChI is InChI=1S/C13H18FNO2/c1-9(15)12-5-4-10(14)7-13(12)17-11-3-2-6-16-8-11/h4-5,7,9,11H,2-3,6,8,15H2,1H3/t9-,11?/m1/s1. The molecule has 0 amide bonds. The number of benzene rings is 1. The zero-order chi connectivity index (χ0) is 12.3. The highest BCUT2D eigenvalue weighted by molar-refractivity contribution is 5.36. The van der Waals surface area contributed by atoms with E-state index in [1.165, 1.54) is 12.1 Å². The summed E-state index contributed by atoms with van der Waals surface area (Å²) in [5.74, 6) is 0.233. The van der Waals surface area contributed by atoms with E-state index in [0.29, 0.717) is 12.4 Å². The number of rotatable bonds is 3. The first kappa shape index (κ1) is 12.3. The molecular formula is C13H18FNO2. The smallest absolute Gasteiger partial charge is 0.127 e. The van der Waals surface area contributed by atoms with Crippen LogP contribution < -0.4 is 10.5 Å². The lowest BCUT2D eigenvalue weighted by Gasteiger charge is -2.25. The summed E-state index contributed by atoms with van der Waals surface area (Å²) in [4.78, 5) is 0. The average Bonchev–Trinajstić information content (AvgIpc) is 2.30. The molecule has 0 bridgehead atoms. The van der Waals surface area contributed by atoms with Gasteiger partial charge in [-0.25, -0.2) is 4.39 Å². The summed E-state index contributed by atoms with van der Waals surface area (Å²) in [5.41, 5.74) is 6.67. The van der Waals surface area contributed by atoms with E-state index in [1.54, 1.807) is 6.07 Å². The second-order valence-corrected chi connectivity index (χ2v) is 4.43. The lowest BCUT2D eigenvalue weighted by atomic mass is 10.1. The molecule has 1 aromatic rings. The first-order valence-electron chi connectivity index (χ1n) is 5.96. The van der Waals surface area contributed by atoms with Crippen molar-refractivity contribution in [1.82, 2.24) is 0 Å². The van der Waals surface area contributed by atoms with Gasteiger partial charge in [0.15, 0.2) is 0 Å². The van der Waals surface area contributed by atoms with Crippen LogP contribution in [0.15, 0.2) is 18.2 Å². The van der Waals surface area contributed by atoms with Gasteiger partial charge in [0.25, 0.3) is 0 Å². The third kappa shape index (κ3) is 3.17. The molecule has 3 nitrogen and oxygen atoms in total. The highest BCUT2D eigenvalue weighted by atomic mass is 19.1. The van der Waals surface area contributed by atoms with E-state index in [1.807, 2.05) is 6.92 Å². The molecule has 0 saturated carbocycles. The molecule has 0 aromatic heterocycles. The van der Waals surface area contributed by atoms with Gasteiger partial charge in [-0.15, -0.1) is 0 Å². The first-order valence-corrected chi connectivity index (χ1v) is 5.96. The molecule has 0 aliphatic carbocycles. The Balaban J connectivity index is 2.14. The lowest BCUT2D eigenvalue weighted by Crippen LogP contribution is -2.28. The van der Waals surface area contributed by atoms with Crippen LogP contribution in [0.3, 0.4) is 0 Å². The van der Waals surface area contributed by atoms with Crippen molar-refractivity contribution in [2.45, 2.75) is 31.9 Å². The van der Waals surface area contributed by atoms with Crippen molar-refractivity contribution in [3.63, 3.8) is 0 Å². The maximum Gasteiger partial charge on any atom is 0.127 e. The van der Waals surface area contributed by atoms with Gasteiger partial charge in [0.05, 0.1) is 6.61 Å². The summed E-state index contributed by atoms with van der Waals surface area (Å²) >= 11 is 0. The molecule has 1 unspecified atom stereocenters. The van der Waals surface area contributed by atoms with Gasteiger partial charge in [0.2, 0.25) is 0 Å². The topological polar surface area (TPSA) is 44.5 Å². The van der Waals surface area contributed by atoms with E-state index in [4.69, 9.17) is 15.2 Å². The molecule has 4 heteroatoms. The number of hydrogen-bond donors (Lipinski definition) is 1. The largest absolute Gasteiger partial charge is 0.488 e. The van der Waals surface area contributed by atoms with Crippen LogP contribution in [0.1, 0.15) is 31.4 Å². The fourth-order valence-corrected chi connectivity index (χ4v) is 1.97. The Morgan fingerprint density at radius 2 is 2.35 bits per heavy atom. The number of ether oxygens (including phenoxy) is 2. The maximum absolute atomic E-state index is 13.2. The molecule has 1 aromatic carbocycles. The Morgan fingerprint density at radius 1 is 1.53 bits per heavy atom. The summed E-state index contributed by atoms with van der Waals surface area (Å²) in [6.07, 6.45) is 1.92. The van der Waals surface area contributed by atoms with Crippen LogP contribution in [0.25, 0.3) is 0 Å². The van der Waals surface area contributed by atoms with E-state index in [0.717, 1.165) is 25.0 Å². The molecule has 1 heterocycles. The normalized spacial score (nSPS) is 22.2. The minimum atomic E-state index is -0.305. The molecule has 94 valence electrons. The van der Waals surface area contributed by atoms with E-state index < -0.39 is 0 Å². The summed E-state index contributed by atoms with van der Waals surface area (Å²) in [5, 5.41) is 0. The summed E-state index contributed by atoms with van der Waals surface area (Å²) < 4.78 is 24.3. The van der Waals surface area contributed by atoms with Gasteiger partial charge in [-0.1, -0.05) is 6.07 Å². The molecule has 0 radical (unpaired) electrons. The zero-order valence-corrected chi connectivity index (χ0v) is 9.99. The van der Waals surface area contributed by atoms with E-state index >= 15 is 0 Å². The van der Waals surface area contributed by atoms with Gasteiger partial charge < -0.3 is 15.2 Å². The Labute approximate surface area is 101 Å². The molecule has 2 atom stereocenters. The minimum Gasteiger partial charge on any atom is -0.488 e. The summed E-state index contributed by atoms with van der Waals surface area (Å²) in [6, 6.07) is 4.31.